The van der Waals surface area contributed by atoms with Gasteiger partial charge in [0.25, 0.3) is 0 Å². The molecule has 0 saturated heterocycles. The third-order valence-electron chi connectivity index (χ3n) is 6.86. The summed E-state index contributed by atoms with van der Waals surface area (Å²) in [4.78, 5) is 5.82. The lowest BCUT2D eigenvalue weighted by Crippen LogP contribution is -2.13. The highest BCUT2D eigenvalue weighted by molar-refractivity contribution is 6.01. The average Bonchev–Trinajstić information content (AvgIpc) is 2.88. The predicted molar refractivity (Wildman–Crippen MR) is 171 cm³/mol. The molecule has 0 aliphatic heterocycles. The molecule has 0 heterocycles. The SMILES string of the molecule is C=C(O/N=C(/c1ccc(/C(C)=C/C)cc1)C(C)C)C(CCC)CC(C)C.COCc1ccc(C(C)(C)C)cc1. The number of nitrogens with zero attached hydrogens (tertiary/aromatic N) is 1. The Balaban J connectivity index is 0.000000487. The first kappa shape index (κ1) is 34.4. The number of rotatable bonds is 12. The number of hydrogen-bond donors (Lipinski definition) is 0. The van der Waals surface area contributed by atoms with E-state index in [0.29, 0.717) is 18.4 Å². The first-order chi connectivity index (χ1) is 18.3. The molecule has 0 bridgehead atoms. The Morgan fingerprint density at radius 1 is 0.949 bits per heavy atom. The van der Waals surface area contributed by atoms with Crippen LogP contribution in [0.15, 0.2) is 72.1 Å². The van der Waals surface area contributed by atoms with Gasteiger partial charge in [-0.3, -0.25) is 0 Å². The van der Waals surface area contributed by atoms with Gasteiger partial charge in [0, 0.05) is 13.0 Å². The summed E-state index contributed by atoms with van der Waals surface area (Å²) in [5, 5.41) is 4.50. The van der Waals surface area contributed by atoms with Crippen molar-refractivity contribution in [1.29, 1.82) is 0 Å². The molecular weight excluding hydrogens is 478 g/mol. The fraction of sp³-hybridized carbons (Fsp3) is 0.528. The fourth-order valence-corrected chi connectivity index (χ4v) is 4.34. The molecule has 2 aromatic rings. The quantitative estimate of drug-likeness (QED) is 0.154. The van der Waals surface area contributed by atoms with Gasteiger partial charge in [0.1, 0.15) is 5.76 Å². The van der Waals surface area contributed by atoms with Crippen LogP contribution in [0.1, 0.15) is 111 Å². The summed E-state index contributed by atoms with van der Waals surface area (Å²) in [7, 11) is 1.72. The van der Waals surface area contributed by atoms with Gasteiger partial charge in [0.2, 0.25) is 0 Å². The minimum atomic E-state index is 0.242. The highest BCUT2D eigenvalue weighted by atomic mass is 16.6. The Morgan fingerprint density at radius 2 is 1.51 bits per heavy atom. The van der Waals surface area contributed by atoms with Crippen LogP contribution < -0.4 is 0 Å². The lowest BCUT2D eigenvalue weighted by atomic mass is 9.87. The second-order valence-electron chi connectivity index (χ2n) is 12.2. The number of hydrogen-bond acceptors (Lipinski definition) is 3. The van der Waals surface area contributed by atoms with Gasteiger partial charge >= 0.3 is 0 Å². The van der Waals surface area contributed by atoms with Crippen molar-refractivity contribution in [3.05, 3.63) is 89.2 Å². The maximum absolute atomic E-state index is 5.82. The topological polar surface area (TPSA) is 30.8 Å². The molecule has 39 heavy (non-hydrogen) atoms. The third kappa shape index (κ3) is 12.4. The molecule has 3 nitrogen and oxygen atoms in total. The first-order valence-electron chi connectivity index (χ1n) is 14.6. The smallest absolute Gasteiger partial charge is 0.131 e. The van der Waals surface area contributed by atoms with E-state index in [4.69, 9.17) is 9.57 Å². The molecule has 3 heteroatoms. The summed E-state index contributed by atoms with van der Waals surface area (Å²) in [6.07, 6.45) is 5.45. The van der Waals surface area contributed by atoms with Crippen LogP contribution in [0, 0.1) is 17.8 Å². The number of methoxy groups -OCH3 is 1. The van der Waals surface area contributed by atoms with Crippen molar-refractivity contribution in [2.24, 2.45) is 22.9 Å². The Hall–Kier alpha value is -2.65. The van der Waals surface area contributed by atoms with Gasteiger partial charge in [0.15, 0.2) is 0 Å². The van der Waals surface area contributed by atoms with E-state index in [1.165, 1.54) is 22.3 Å². The predicted octanol–water partition coefficient (Wildman–Crippen LogP) is 10.6. The van der Waals surface area contributed by atoms with E-state index in [9.17, 15) is 0 Å². The third-order valence-corrected chi connectivity index (χ3v) is 6.86. The molecule has 0 aliphatic carbocycles. The summed E-state index contributed by atoms with van der Waals surface area (Å²) < 4.78 is 5.05. The molecule has 216 valence electrons. The van der Waals surface area contributed by atoms with Crippen molar-refractivity contribution >= 4 is 11.3 Å². The zero-order chi connectivity index (χ0) is 29.6. The molecule has 0 saturated carbocycles. The summed E-state index contributed by atoms with van der Waals surface area (Å²) in [5.74, 6) is 2.08. The van der Waals surface area contributed by atoms with Gasteiger partial charge in [-0.05, 0) is 71.8 Å². The van der Waals surface area contributed by atoms with E-state index in [-0.39, 0.29) is 11.3 Å². The van der Waals surface area contributed by atoms with Crippen LogP contribution in [0.25, 0.3) is 5.57 Å². The minimum Gasteiger partial charge on any atom is -0.380 e. The highest BCUT2D eigenvalue weighted by Gasteiger charge is 2.17. The maximum atomic E-state index is 5.82. The van der Waals surface area contributed by atoms with Crippen LogP contribution in [-0.2, 0) is 21.6 Å². The molecule has 2 aromatic carbocycles. The van der Waals surface area contributed by atoms with Gasteiger partial charge in [-0.1, -0.05) is 128 Å². The van der Waals surface area contributed by atoms with E-state index >= 15 is 0 Å². The van der Waals surface area contributed by atoms with Crippen molar-refractivity contribution in [3.63, 3.8) is 0 Å². The van der Waals surface area contributed by atoms with Crippen molar-refractivity contribution < 1.29 is 9.57 Å². The van der Waals surface area contributed by atoms with Crippen LogP contribution in [0.5, 0.6) is 0 Å². The molecule has 1 unspecified atom stereocenters. The Labute approximate surface area is 240 Å². The summed E-state index contributed by atoms with van der Waals surface area (Å²) in [5.41, 5.74) is 7.44. The van der Waals surface area contributed by atoms with E-state index in [1.807, 2.05) is 0 Å². The molecular formula is C36H55NO2. The van der Waals surface area contributed by atoms with Gasteiger partial charge in [-0.2, -0.15) is 0 Å². The second-order valence-corrected chi connectivity index (χ2v) is 12.2. The van der Waals surface area contributed by atoms with Gasteiger partial charge in [0.05, 0.1) is 12.3 Å². The van der Waals surface area contributed by atoms with E-state index in [1.54, 1.807) is 7.11 Å². The number of benzene rings is 2. The Bertz CT molecular complexity index is 1030. The van der Waals surface area contributed by atoms with Crippen molar-refractivity contribution in [2.75, 3.05) is 7.11 Å². The van der Waals surface area contributed by atoms with E-state index < -0.39 is 0 Å². The zero-order valence-electron chi connectivity index (χ0n) is 26.7. The monoisotopic (exact) mass is 533 g/mol. The molecule has 1 atom stereocenters. The minimum absolute atomic E-state index is 0.242. The highest BCUT2D eigenvalue weighted by Crippen LogP contribution is 2.26. The normalized spacial score (nSPS) is 13.3. The second kappa shape index (κ2) is 17.1. The largest absolute Gasteiger partial charge is 0.380 e. The number of oxime groups is 1. The first-order valence-corrected chi connectivity index (χ1v) is 14.6. The lowest BCUT2D eigenvalue weighted by molar-refractivity contribution is 0.174. The summed E-state index contributed by atoms with van der Waals surface area (Å²) in [6, 6.07) is 17.2. The van der Waals surface area contributed by atoms with Gasteiger partial charge < -0.3 is 9.57 Å². The van der Waals surface area contributed by atoms with Crippen molar-refractivity contribution in [1.82, 2.24) is 0 Å². The molecule has 0 fully saturated rings. The molecule has 0 spiro atoms. The molecule has 0 N–H and O–H groups in total. The van der Waals surface area contributed by atoms with Gasteiger partial charge in [-0.15, -0.1) is 0 Å². The summed E-state index contributed by atoms with van der Waals surface area (Å²) >= 11 is 0. The molecule has 0 aliphatic rings. The fourth-order valence-electron chi connectivity index (χ4n) is 4.34. The Kier molecular flexibility index (Phi) is 15.1. The lowest BCUT2D eigenvalue weighted by Gasteiger charge is -2.19. The van der Waals surface area contributed by atoms with E-state index in [0.717, 1.165) is 36.3 Å². The van der Waals surface area contributed by atoms with Crippen LogP contribution in [0.2, 0.25) is 0 Å². The molecule has 0 amide bonds. The van der Waals surface area contributed by atoms with Crippen LogP contribution in [0.3, 0.4) is 0 Å². The van der Waals surface area contributed by atoms with Crippen molar-refractivity contribution in [3.8, 4) is 0 Å². The average molecular weight is 534 g/mol. The molecule has 0 radical (unpaired) electrons. The standard InChI is InChI=1S/C24H37NO.C12H18O/c1-9-11-23(16-17(3)4)20(8)26-25-24(18(5)6)22-14-12-21(13-15-22)19(7)10-2;1-12(2,3)11-7-5-10(6-8-11)9-13-4/h10,12-15,17-18,23H,8-9,11,16H2,1-7H3;5-8H,9H2,1-4H3/b19-10+,25-24+;. The number of ether oxygens (including phenoxy) is 1. The Morgan fingerprint density at radius 3 is 1.95 bits per heavy atom. The maximum Gasteiger partial charge on any atom is 0.131 e. The van der Waals surface area contributed by atoms with Crippen LogP contribution in [0.4, 0.5) is 0 Å². The zero-order valence-corrected chi connectivity index (χ0v) is 26.7. The summed E-state index contributed by atoms with van der Waals surface area (Å²) in [6.45, 7) is 26.7. The molecule has 2 rings (SSSR count). The molecule has 0 aromatic heterocycles. The van der Waals surface area contributed by atoms with Gasteiger partial charge in [-0.25, -0.2) is 0 Å². The number of allylic oxidation sites excluding steroid dienone is 3. The van der Waals surface area contributed by atoms with Crippen LogP contribution >= 0.6 is 0 Å². The van der Waals surface area contributed by atoms with E-state index in [2.05, 4.69) is 136 Å². The van der Waals surface area contributed by atoms with Crippen molar-refractivity contribution in [2.45, 2.75) is 101 Å². The van der Waals surface area contributed by atoms with Crippen LogP contribution in [-0.4, -0.2) is 12.8 Å².